The van der Waals surface area contributed by atoms with Crippen molar-refractivity contribution in [3.05, 3.63) is 17.0 Å². The van der Waals surface area contributed by atoms with E-state index in [-0.39, 0.29) is 35.1 Å². The van der Waals surface area contributed by atoms with Gasteiger partial charge >= 0.3 is 5.97 Å². The molecule has 0 N–H and O–H groups in total. The Morgan fingerprint density at radius 3 is 2.39 bits per heavy atom. The number of esters is 1. The highest BCUT2D eigenvalue weighted by Crippen LogP contribution is 2.29. The van der Waals surface area contributed by atoms with Crippen LogP contribution in [0, 0.1) is 11.8 Å². The van der Waals surface area contributed by atoms with E-state index in [2.05, 4.69) is 6.92 Å². The molecule has 3 heterocycles. The molecule has 0 aliphatic carbocycles. The van der Waals surface area contributed by atoms with Crippen molar-refractivity contribution in [3.8, 4) is 0 Å². The summed E-state index contributed by atoms with van der Waals surface area (Å²) in [4.78, 5) is 26.3. The Labute approximate surface area is 170 Å². The lowest BCUT2D eigenvalue weighted by molar-refractivity contribution is -0.149. The summed E-state index contributed by atoms with van der Waals surface area (Å²) >= 11 is 1.09. The summed E-state index contributed by atoms with van der Waals surface area (Å²) in [7, 11) is -3.65. The van der Waals surface area contributed by atoms with Crippen molar-refractivity contribution in [2.45, 2.75) is 43.7 Å². The quantitative estimate of drug-likeness (QED) is 0.673. The summed E-state index contributed by atoms with van der Waals surface area (Å²) in [6, 6.07) is 1.50. The van der Waals surface area contributed by atoms with Gasteiger partial charge in [0, 0.05) is 31.6 Å². The number of hydrogen-bond acceptors (Lipinski definition) is 6. The number of sulfonamides is 1. The molecule has 3 rings (SSSR count). The van der Waals surface area contributed by atoms with Gasteiger partial charge in [-0.1, -0.05) is 6.92 Å². The molecule has 0 bridgehead atoms. The molecule has 2 saturated heterocycles. The number of likely N-dealkylation sites (tertiary alicyclic amines) is 1. The molecule has 28 heavy (non-hydrogen) atoms. The average Bonchev–Trinajstić information content (AvgIpc) is 3.19. The van der Waals surface area contributed by atoms with Crippen molar-refractivity contribution in [2.24, 2.45) is 11.8 Å². The maximum atomic E-state index is 12.9. The average molecular weight is 429 g/mol. The molecule has 0 atom stereocenters. The van der Waals surface area contributed by atoms with Gasteiger partial charge in [0.05, 0.1) is 18.1 Å². The van der Waals surface area contributed by atoms with E-state index in [0.717, 1.165) is 37.3 Å². The minimum atomic E-state index is -3.65. The van der Waals surface area contributed by atoms with Gasteiger partial charge in [-0.2, -0.15) is 4.31 Å². The van der Waals surface area contributed by atoms with E-state index < -0.39 is 10.0 Å². The van der Waals surface area contributed by atoms with Gasteiger partial charge in [-0.3, -0.25) is 9.59 Å². The summed E-state index contributed by atoms with van der Waals surface area (Å²) < 4.78 is 32.5. The largest absolute Gasteiger partial charge is 0.466 e. The minimum absolute atomic E-state index is 0.0920. The van der Waals surface area contributed by atoms with Crippen molar-refractivity contribution in [3.63, 3.8) is 0 Å². The SMILES string of the molecule is CCOC(=O)C1CCN(S(=O)(=O)c2cc(C(=O)N3CCC(C)CC3)cs2)CC1. The fourth-order valence-electron chi connectivity index (χ4n) is 3.68. The van der Waals surface area contributed by atoms with Gasteiger partial charge in [0.25, 0.3) is 15.9 Å². The van der Waals surface area contributed by atoms with Crippen LogP contribution in [0.1, 0.15) is 49.9 Å². The lowest BCUT2D eigenvalue weighted by Crippen LogP contribution is -2.40. The number of amides is 1. The van der Waals surface area contributed by atoms with Gasteiger partial charge in [0.2, 0.25) is 0 Å². The van der Waals surface area contributed by atoms with Crippen LogP contribution in [-0.4, -0.2) is 62.3 Å². The molecule has 2 aliphatic heterocycles. The second-order valence-electron chi connectivity index (χ2n) is 7.56. The number of thiophene rings is 1. The third-order valence-electron chi connectivity index (χ3n) is 5.56. The molecule has 9 heteroatoms. The first-order valence-electron chi connectivity index (χ1n) is 9.87. The van der Waals surface area contributed by atoms with E-state index in [4.69, 9.17) is 4.74 Å². The van der Waals surface area contributed by atoms with E-state index in [1.807, 2.05) is 4.90 Å². The van der Waals surface area contributed by atoms with E-state index in [1.54, 1.807) is 12.3 Å². The minimum Gasteiger partial charge on any atom is -0.466 e. The van der Waals surface area contributed by atoms with Gasteiger partial charge in [0.15, 0.2) is 0 Å². The first-order valence-corrected chi connectivity index (χ1v) is 12.2. The number of nitrogens with zero attached hydrogens (tertiary/aromatic N) is 2. The maximum Gasteiger partial charge on any atom is 0.309 e. The third-order valence-corrected chi connectivity index (χ3v) is 8.87. The number of carbonyl (C=O) groups excluding carboxylic acids is 2. The van der Waals surface area contributed by atoms with E-state index in [9.17, 15) is 18.0 Å². The first-order chi connectivity index (χ1) is 13.3. The molecule has 0 aromatic carbocycles. The Hall–Kier alpha value is -1.45. The van der Waals surface area contributed by atoms with Crippen molar-refractivity contribution in [2.75, 3.05) is 32.8 Å². The standard InChI is InChI=1S/C19H28N2O5S2/c1-3-26-19(23)15-6-10-21(11-7-15)28(24,25)17-12-16(13-27-17)18(22)20-8-4-14(2)5-9-20/h12-15H,3-11H2,1-2H3. The second kappa shape index (κ2) is 8.92. The molecule has 2 fully saturated rings. The summed E-state index contributed by atoms with van der Waals surface area (Å²) in [5, 5.41) is 1.64. The molecule has 2 aliphatic rings. The topological polar surface area (TPSA) is 84.0 Å². The number of rotatable bonds is 5. The summed E-state index contributed by atoms with van der Waals surface area (Å²) in [6.45, 7) is 6.30. The van der Waals surface area contributed by atoms with E-state index in [0.29, 0.717) is 30.9 Å². The number of ether oxygens (including phenoxy) is 1. The number of piperidine rings is 2. The molecule has 0 saturated carbocycles. The van der Waals surface area contributed by atoms with Gasteiger partial charge in [-0.25, -0.2) is 8.42 Å². The zero-order chi connectivity index (χ0) is 20.3. The Balaban J connectivity index is 1.64. The lowest BCUT2D eigenvalue weighted by Gasteiger charge is -2.30. The van der Waals surface area contributed by atoms with Crippen LogP contribution in [0.5, 0.6) is 0 Å². The van der Waals surface area contributed by atoms with Crippen LogP contribution in [0.2, 0.25) is 0 Å². The second-order valence-corrected chi connectivity index (χ2v) is 10.6. The Morgan fingerprint density at radius 1 is 1.14 bits per heavy atom. The van der Waals surface area contributed by atoms with Crippen LogP contribution in [0.4, 0.5) is 0 Å². The molecule has 0 spiro atoms. The van der Waals surface area contributed by atoms with Gasteiger partial charge in [-0.05, 0) is 44.6 Å². The van der Waals surface area contributed by atoms with E-state index in [1.165, 1.54) is 10.4 Å². The van der Waals surface area contributed by atoms with Crippen molar-refractivity contribution in [1.29, 1.82) is 0 Å². The first kappa shape index (κ1) is 21.3. The summed E-state index contributed by atoms with van der Waals surface area (Å²) in [5.41, 5.74) is 0.444. The molecule has 156 valence electrons. The fraction of sp³-hybridized carbons (Fsp3) is 0.684. The van der Waals surface area contributed by atoms with E-state index >= 15 is 0 Å². The normalized spacial score (nSPS) is 20.3. The van der Waals surface area contributed by atoms with Crippen molar-refractivity contribution in [1.82, 2.24) is 9.21 Å². The summed E-state index contributed by atoms with van der Waals surface area (Å²) in [6.07, 6.45) is 2.88. The Morgan fingerprint density at radius 2 is 1.79 bits per heavy atom. The highest BCUT2D eigenvalue weighted by atomic mass is 32.2. The highest BCUT2D eigenvalue weighted by molar-refractivity contribution is 7.91. The maximum absolute atomic E-state index is 12.9. The monoisotopic (exact) mass is 428 g/mol. The zero-order valence-electron chi connectivity index (χ0n) is 16.4. The fourth-order valence-corrected chi connectivity index (χ4v) is 6.45. The van der Waals surface area contributed by atoms with Crippen LogP contribution in [0.25, 0.3) is 0 Å². The van der Waals surface area contributed by atoms with Gasteiger partial charge in [-0.15, -0.1) is 11.3 Å². The van der Waals surface area contributed by atoms with Crippen molar-refractivity contribution < 1.29 is 22.7 Å². The molecule has 0 unspecified atom stereocenters. The van der Waals surface area contributed by atoms with Crippen LogP contribution in [0.3, 0.4) is 0 Å². The van der Waals surface area contributed by atoms with Crippen LogP contribution in [0.15, 0.2) is 15.7 Å². The van der Waals surface area contributed by atoms with Crippen LogP contribution < -0.4 is 0 Å². The Kier molecular flexibility index (Phi) is 6.77. The van der Waals surface area contributed by atoms with Crippen LogP contribution >= 0.6 is 11.3 Å². The molecule has 1 aromatic heterocycles. The van der Waals surface area contributed by atoms with Crippen molar-refractivity contribution >= 4 is 33.2 Å². The predicted molar refractivity (Wildman–Crippen MR) is 107 cm³/mol. The molecular weight excluding hydrogens is 400 g/mol. The molecule has 7 nitrogen and oxygen atoms in total. The Bertz CT molecular complexity index is 804. The summed E-state index contributed by atoms with van der Waals surface area (Å²) in [5.74, 6) is 0.0402. The highest BCUT2D eigenvalue weighted by Gasteiger charge is 2.34. The molecule has 1 aromatic rings. The van der Waals surface area contributed by atoms with Crippen LogP contribution in [-0.2, 0) is 19.6 Å². The number of carbonyl (C=O) groups is 2. The zero-order valence-corrected chi connectivity index (χ0v) is 18.1. The number of hydrogen-bond donors (Lipinski definition) is 0. The van der Waals surface area contributed by atoms with Gasteiger partial charge < -0.3 is 9.64 Å². The third kappa shape index (κ3) is 4.58. The molecular formula is C19H28N2O5S2. The molecule has 1 amide bonds. The molecule has 0 radical (unpaired) electrons. The lowest BCUT2D eigenvalue weighted by atomic mass is 9.98. The predicted octanol–water partition coefficient (Wildman–Crippen LogP) is 2.58. The smallest absolute Gasteiger partial charge is 0.309 e. The van der Waals surface area contributed by atoms with Gasteiger partial charge in [0.1, 0.15) is 4.21 Å².